The molecule has 0 aliphatic heterocycles. The topological polar surface area (TPSA) is 37.3 Å². The normalized spacial score (nSPS) is 15.1. The summed E-state index contributed by atoms with van der Waals surface area (Å²) in [5, 5.41) is 8.69. The van der Waals surface area contributed by atoms with Gasteiger partial charge in [-0.2, -0.15) is 0 Å². The fourth-order valence-corrected chi connectivity index (χ4v) is 1.59. The van der Waals surface area contributed by atoms with E-state index in [0.29, 0.717) is 0 Å². The highest BCUT2D eigenvalue weighted by atomic mass is 16.4. The van der Waals surface area contributed by atoms with Gasteiger partial charge in [0, 0.05) is 0 Å². The van der Waals surface area contributed by atoms with Crippen LogP contribution in [-0.2, 0) is 4.79 Å². The van der Waals surface area contributed by atoms with E-state index >= 15 is 0 Å². The van der Waals surface area contributed by atoms with Crippen LogP contribution in [-0.4, -0.2) is 11.1 Å². The first-order chi connectivity index (χ1) is 6.57. The molecular formula is C12H24O2. The van der Waals surface area contributed by atoms with Crippen molar-refractivity contribution in [1.29, 1.82) is 0 Å². The first-order valence-corrected chi connectivity index (χ1v) is 5.80. The van der Waals surface area contributed by atoms with Crippen LogP contribution in [0.3, 0.4) is 0 Å². The molecule has 0 bridgehead atoms. The summed E-state index contributed by atoms with van der Waals surface area (Å²) in [6, 6.07) is 0. The van der Waals surface area contributed by atoms with E-state index in [-0.39, 0.29) is 5.92 Å². The molecule has 0 saturated carbocycles. The van der Waals surface area contributed by atoms with Gasteiger partial charge in [0.15, 0.2) is 0 Å². The van der Waals surface area contributed by atoms with Crippen molar-refractivity contribution in [1.82, 2.24) is 0 Å². The van der Waals surface area contributed by atoms with Crippen LogP contribution in [0, 0.1) is 11.8 Å². The van der Waals surface area contributed by atoms with Crippen molar-refractivity contribution >= 4 is 5.97 Å². The largest absolute Gasteiger partial charge is 0.481 e. The fraction of sp³-hybridized carbons (Fsp3) is 0.917. The Morgan fingerprint density at radius 3 is 2.21 bits per heavy atom. The molecule has 0 spiro atoms. The monoisotopic (exact) mass is 200 g/mol. The summed E-state index contributed by atoms with van der Waals surface area (Å²) in [5.74, 6) is -0.0736. The third-order valence-corrected chi connectivity index (χ3v) is 2.81. The molecule has 2 nitrogen and oxygen atoms in total. The Balaban J connectivity index is 3.39. The van der Waals surface area contributed by atoms with Gasteiger partial charge in [-0.25, -0.2) is 0 Å². The molecule has 0 aliphatic rings. The Hall–Kier alpha value is -0.530. The van der Waals surface area contributed by atoms with Crippen LogP contribution in [0.25, 0.3) is 0 Å². The average molecular weight is 200 g/mol. The molecule has 0 aromatic carbocycles. The molecule has 14 heavy (non-hydrogen) atoms. The van der Waals surface area contributed by atoms with Gasteiger partial charge in [0.05, 0.1) is 5.92 Å². The second kappa shape index (κ2) is 7.84. The number of carbonyl (C=O) groups is 1. The quantitative estimate of drug-likeness (QED) is 0.648. The molecule has 0 saturated heterocycles. The third-order valence-electron chi connectivity index (χ3n) is 2.81. The molecule has 2 atom stereocenters. The van der Waals surface area contributed by atoms with Crippen LogP contribution in [0.2, 0.25) is 0 Å². The summed E-state index contributed by atoms with van der Waals surface area (Å²) in [4.78, 5) is 10.5. The highest BCUT2D eigenvalue weighted by Crippen LogP contribution is 2.17. The maximum Gasteiger partial charge on any atom is 0.306 e. The lowest BCUT2D eigenvalue weighted by molar-refractivity contribution is -0.141. The highest BCUT2D eigenvalue weighted by molar-refractivity contribution is 5.69. The second-order valence-corrected chi connectivity index (χ2v) is 4.42. The van der Waals surface area contributed by atoms with Crippen LogP contribution < -0.4 is 0 Å². The van der Waals surface area contributed by atoms with E-state index in [1.807, 2.05) is 0 Å². The minimum Gasteiger partial charge on any atom is -0.481 e. The van der Waals surface area contributed by atoms with E-state index in [1.54, 1.807) is 6.92 Å². The zero-order valence-corrected chi connectivity index (χ0v) is 9.75. The van der Waals surface area contributed by atoms with E-state index in [1.165, 1.54) is 25.7 Å². The van der Waals surface area contributed by atoms with Gasteiger partial charge >= 0.3 is 5.97 Å². The average Bonchev–Trinajstić information content (AvgIpc) is 2.14. The number of aliphatic carboxylic acids is 1. The maximum absolute atomic E-state index is 10.5. The molecule has 0 radical (unpaired) electrons. The van der Waals surface area contributed by atoms with Crippen LogP contribution in [0.15, 0.2) is 0 Å². The van der Waals surface area contributed by atoms with Crippen molar-refractivity contribution in [3.63, 3.8) is 0 Å². The van der Waals surface area contributed by atoms with Gasteiger partial charge in [0.2, 0.25) is 0 Å². The Morgan fingerprint density at radius 2 is 1.71 bits per heavy atom. The van der Waals surface area contributed by atoms with E-state index in [4.69, 9.17) is 5.11 Å². The summed E-state index contributed by atoms with van der Waals surface area (Å²) in [5.41, 5.74) is 0. The lowest BCUT2D eigenvalue weighted by atomic mass is 9.95. The molecular weight excluding hydrogens is 176 g/mol. The first kappa shape index (κ1) is 13.5. The molecule has 0 aliphatic carbocycles. The number of rotatable bonds is 8. The SMILES string of the molecule is CCCC[C@H](C)CCC[C@@H](C)C(=O)O. The number of hydrogen-bond donors (Lipinski definition) is 1. The van der Waals surface area contributed by atoms with Crippen molar-refractivity contribution in [2.45, 2.75) is 59.3 Å². The van der Waals surface area contributed by atoms with Gasteiger partial charge in [0.25, 0.3) is 0 Å². The number of unbranched alkanes of at least 4 members (excludes halogenated alkanes) is 1. The minimum absolute atomic E-state index is 0.173. The van der Waals surface area contributed by atoms with Gasteiger partial charge in [-0.3, -0.25) is 4.79 Å². The number of carboxylic acids is 1. The first-order valence-electron chi connectivity index (χ1n) is 5.80. The minimum atomic E-state index is -0.661. The van der Waals surface area contributed by atoms with Crippen molar-refractivity contribution in [3.05, 3.63) is 0 Å². The molecule has 0 aromatic heterocycles. The van der Waals surface area contributed by atoms with Crippen LogP contribution in [0.1, 0.15) is 59.3 Å². The summed E-state index contributed by atoms with van der Waals surface area (Å²) in [6.07, 6.45) is 6.91. The van der Waals surface area contributed by atoms with Gasteiger partial charge in [-0.05, 0) is 12.3 Å². The van der Waals surface area contributed by atoms with E-state index in [2.05, 4.69) is 13.8 Å². The Kier molecular flexibility index (Phi) is 7.54. The second-order valence-electron chi connectivity index (χ2n) is 4.42. The van der Waals surface area contributed by atoms with E-state index < -0.39 is 5.97 Å². The zero-order valence-electron chi connectivity index (χ0n) is 9.75. The van der Waals surface area contributed by atoms with Crippen LogP contribution in [0.5, 0.6) is 0 Å². The van der Waals surface area contributed by atoms with Gasteiger partial charge in [0.1, 0.15) is 0 Å². The van der Waals surface area contributed by atoms with Gasteiger partial charge in [-0.15, -0.1) is 0 Å². The standard InChI is InChI=1S/C12H24O2/c1-4-5-7-10(2)8-6-9-11(3)12(13)14/h10-11H,4-9H2,1-3H3,(H,13,14)/t10-,11+/m0/s1. The van der Waals surface area contributed by atoms with E-state index in [9.17, 15) is 4.79 Å². The predicted molar refractivity (Wildman–Crippen MR) is 59.3 cm³/mol. The molecule has 84 valence electrons. The Morgan fingerprint density at radius 1 is 1.14 bits per heavy atom. The number of carboxylic acid groups (broad SMARTS) is 1. The molecule has 1 N–H and O–H groups in total. The Labute approximate surface area is 87.7 Å². The smallest absolute Gasteiger partial charge is 0.306 e. The molecule has 0 unspecified atom stereocenters. The number of hydrogen-bond acceptors (Lipinski definition) is 1. The molecule has 0 aromatic rings. The van der Waals surface area contributed by atoms with Crippen molar-refractivity contribution in [2.75, 3.05) is 0 Å². The molecule has 2 heteroatoms. The van der Waals surface area contributed by atoms with Crippen molar-refractivity contribution < 1.29 is 9.90 Å². The molecule has 0 rings (SSSR count). The molecule has 0 fully saturated rings. The summed E-state index contributed by atoms with van der Waals surface area (Å²) < 4.78 is 0. The summed E-state index contributed by atoms with van der Waals surface area (Å²) in [7, 11) is 0. The van der Waals surface area contributed by atoms with Crippen LogP contribution >= 0.6 is 0 Å². The van der Waals surface area contributed by atoms with E-state index in [0.717, 1.165) is 18.8 Å². The fourth-order valence-electron chi connectivity index (χ4n) is 1.59. The predicted octanol–water partition coefficient (Wildman–Crippen LogP) is 3.70. The maximum atomic E-state index is 10.5. The Bertz CT molecular complexity index is 154. The third kappa shape index (κ3) is 6.93. The molecule has 0 heterocycles. The molecule has 0 amide bonds. The van der Waals surface area contributed by atoms with Gasteiger partial charge < -0.3 is 5.11 Å². The lowest BCUT2D eigenvalue weighted by Gasteiger charge is -2.11. The van der Waals surface area contributed by atoms with Crippen molar-refractivity contribution in [2.24, 2.45) is 11.8 Å². The lowest BCUT2D eigenvalue weighted by Crippen LogP contribution is -2.09. The van der Waals surface area contributed by atoms with Crippen LogP contribution in [0.4, 0.5) is 0 Å². The summed E-state index contributed by atoms with van der Waals surface area (Å²) in [6.45, 7) is 6.26. The van der Waals surface area contributed by atoms with Crippen molar-refractivity contribution in [3.8, 4) is 0 Å². The van der Waals surface area contributed by atoms with Gasteiger partial charge in [-0.1, -0.05) is 52.9 Å². The summed E-state index contributed by atoms with van der Waals surface area (Å²) >= 11 is 0. The highest BCUT2D eigenvalue weighted by Gasteiger charge is 2.10. The zero-order chi connectivity index (χ0) is 11.0.